The van der Waals surface area contributed by atoms with Gasteiger partial charge in [-0.05, 0) is 31.4 Å². The topological polar surface area (TPSA) is 86.6 Å². The molecule has 0 aliphatic heterocycles. The van der Waals surface area contributed by atoms with Gasteiger partial charge in [-0.3, -0.25) is 9.59 Å². The normalized spacial score (nSPS) is 22.2. The molecule has 0 bridgehead atoms. The largest absolute Gasteiger partial charge is 0.508 e. The molecular weight excluding hydrogens is 246 g/mol. The van der Waals surface area contributed by atoms with Gasteiger partial charge >= 0.3 is 5.97 Å². The first kappa shape index (κ1) is 13.4. The molecular formula is C14H17NO4. The highest BCUT2D eigenvalue weighted by molar-refractivity contribution is 5.95. The predicted molar refractivity (Wildman–Crippen MR) is 69.9 cm³/mol. The number of carbonyl (C=O) groups is 2. The second kappa shape index (κ2) is 5.30. The summed E-state index contributed by atoms with van der Waals surface area (Å²) in [4.78, 5) is 23.1. The summed E-state index contributed by atoms with van der Waals surface area (Å²) in [5.41, 5.74) is 1.21. The third-order valence-corrected chi connectivity index (χ3v) is 3.65. The van der Waals surface area contributed by atoms with E-state index in [1.165, 1.54) is 6.07 Å². The van der Waals surface area contributed by atoms with Crippen LogP contribution in [0.1, 0.15) is 24.8 Å². The molecule has 0 spiro atoms. The van der Waals surface area contributed by atoms with Crippen molar-refractivity contribution < 1.29 is 19.8 Å². The fourth-order valence-electron chi connectivity index (χ4n) is 2.49. The highest BCUT2D eigenvalue weighted by Crippen LogP contribution is 2.33. The maximum Gasteiger partial charge on any atom is 0.307 e. The molecule has 1 amide bonds. The van der Waals surface area contributed by atoms with Gasteiger partial charge in [0.05, 0.1) is 11.8 Å². The van der Waals surface area contributed by atoms with Gasteiger partial charge < -0.3 is 15.5 Å². The molecule has 19 heavy (non-hydrogen) atoms. The molecule has 2 unspecified atom stereocenters. The molecule has 0 saturated heterocycles. The number of hydrogen-bond acceptors (Lipinski definition) is 3. The van der Waals surface area contributed by atoms with Crippen molar-refractivity contribution in [2.24, 2.45) is 11.8 Å². The molecule has 2 rings (SSSR count). The molecule has 0 aromatic heterocycles. The molecule has 1 saturated carbocycles. The van der Waals surface area contributed by atoms with Gasteiger partial charge in [0.1, 0.15) is 5.75 Å². The van der Waals surface area contributed by atoms with Gasteiger partial charge in [-0.15, -0.1) is 0 Å². The number of carboxylic acids is 1. The fourth-order valence-corrected chi connectivity index (χ4v) is 2.49. The Labute approximate surface area is 111 Å². The van der Waals surface area contributed by atoms with E-state index in [1.54, 1.807) is 19.1 Å². The van der Waals surface area contributed by atoms with Crippen molar-refractivity contribution in [1.82, 2.24) is 0 Å². The molecule has 1 aromatic carbocycles. The SMILES string of the molecule is Cc1ccc(NC(=O)C2CCCC2C(=O)O)cc1O. The monoisotopic (exact) mass is 263 g/mol. The molecule has 0 heterocycles. The minimum absolute atomic E-state index is 0.110. The van der Waals surface area contributed by atoms with E-state index in [4.69, 9.17) is 5.11 Å². The van der Waals surface area contributed by atoms with E-state index in [-0.39, 0.29) is 11.7 Å². The average molecular weight is 263 g/mol. The first-order valence-electron chi connectivity index (χ1n) is 6.32. The number of hydrogen-bond donors (Lipinski definition) is 3. The van der Waals surface area contributed by atoms with Crippen LogP contribution in [0.15, 0.2) is 18.2 Å². The maximum absolute atomic E-state index is 12.1. The summed E-state index contributed by atoms with van der Waals surface area (Å²) in [6.07, 6.45) is 1.90. The highest BCUT2D eigenvalue weighted by atomic mass is 16.4. The van der Waals surface area contributed by atoms with Crippen LogP contribution in [0.3, 0.4) is 0 Å². The third-order valence-electron chi connectivity index (χ3n) is 3.65. The molecule has 5 nitrogen and oxygen atoms in total. The molecule has 1 aromatic rings. The Kier molecular flexibility index (Phi) is 3.74. The van der Waals surface area contributed by atoms with Crippen molar-refractivity contribution in [2.75, 3.05) is 5.32 Å². The molecule has 1 aliphatic rings. The van der Waals surface area contributed by atoms with Crippen molar-refractivity contribution in [1.29, 1.82) is 0 Å². The van der Waals surface area contributed by atoms with E-state index in [0.29, 0.717) is 18.5 Å². The Morgan fingerprint density at radius 2 is 1.95 bits per heavy atom. The number of carboxylic acid groups (broad SMARTS) is 1. The van der Waals surface area contributed by atoms with E-state index in [9.17, 15) is 14.7 Å². The number of carbonyl (C=O) groups excluding carboxylic acids is 1. The third kappa shape index (κ3) is 2.86. The lowest BCUT2D eigenvalue weighted by molar-refractivity contribution is -0.145. The first-order chi connectivity index (χ1) is 8.99. The Hall–Kier alpha value is -2.04. The molecule has 102 valence electrons. The lowest BCUT2D eigenvalue weighted by Gasteiger charge is -2.15. The van der Waals surface area contributed by atoms with Gasteiger partial charge in [0, 0.05) is 11.8 Å². The number of rotatable bonds is 3. The van der Waals surface area contributed by atoms with Crippen LogP contribution in [0.4, 0.5) is 5.69 Å². The number of phenolic OH excluding ortho intramolecular Hbond substituents is 1. The molecule has 0 radical (unpaired) electrons. The number of phenols is 1. The van der Waals surface area contributed by atoms with Gasteiger partial charge in [-0.1, -0.05) is 12.5 Å². The summed E-state index contributed by atoms with van der Waals surface area (Å²) in [5.74, 6) is -2.17. The van der Waals surface area contributed by atoms with Crippen LogP contribution in [0, 0.1) is 18.8 Å². The van der Waals surface area contributed by atoms with Crippen molar-refractivity contribution in [3.8, 4) is 5.75 Å². The predicted octanol–water partition coefficient (Wildman–Crippen LogP) is 2.14. The van der Waals surface area contributed by atoms with Crippen LogP contribution in [0.5, 0.6) is 5.75 Å². The second-order valence-electron chi connectivity index (χ2n) is 4.97. The number of amides is 1. The van der Waals surface area contributed by atoms with E-state index in [0.717, 1.165) is 12.0 Å². The van der Waals surface area contributed by atoms with Crippen LogP contribution in [0.25, 0.3) is 0 Å². The van der Waals surface area contributed by atoms with Gasteiger partial charge in [-0.25, -0.2) is 0 Å². The van der Waals surface area contributed by atoms with E-state index < -0.39 is 17.8 Å². The van der Waals surface area contributed by atoms with E-state index >= 15 is 0 Å². The van der Waals surface area contributed by atoms with E-state index in [2.05, 4.69) is 5.32 Å². The maximum atomic E-state index is 12.1. The minimum Gasteiger partial charge on any atom is -0.508 e. The minimum atomic E-state index is -0.913. The molecule has 1 aliphatic carbocycles. The Morgan fingerprint density at radius 1 is 1.26 bits per heavy atom. The highest BCUT2D eigenvalue weighted by Gasteiger charge is 2.37. The lowest BCUT2D eigenvalue weighted by atomic mass is 9.95. The van der Waals surface area contributed by atoms with Crippen molar-refractivity contribution in [3.63, 3.8) is 0 Å². The number of anilines is 1. The number of aryl methyl sites for hydroxylation is 1. The smallest absolute Gasteiger partial charge is 0.307 e. The van der Waals surface area contributed by atoms with Gasteiger partial charge in [0.25, 0.3) is 0 Å². The van der Waals surface area contributed by atoms with Crippen LogP contribution in [-0.4, -0.2) is 22.1 Å². The number of aromatic hydroxyl groups is 1. The Morgan fingerprint density at radius 3 is 2.58 bits per heavy atom. The summed E-state index contributed by atoms with van der Waals surface area (Å²) < 4.78 is 0. The zero-order valence-corrected chi connectivity index (χ0v) is 10.7. The molecule has 5 heteroatoms. The van der Waals surface area contributed by atoms with Crippen LogP contribution in [-0.2, 0) is 9.59 Å². The van der Waals surface area contributed by atoms with Crippen LogP contribution in [0.2, 0.25) is 0 Å². The van der Waals surface area contributed by atoms with E-state index in [1.807, 2.05) is 0 Å². The van der Waals surface area contributed by atoms with Gasteiger partial charge in [0.15, 0.2) is 0 Å². The molecule has 1 fully saturated rings. The van der Waals surface area contributed by atoms with Gasteiger partial charge in [-0.2, -0.15) is 0 Å². The zero-order valence-electron chi connectivity index (χ0n) is 10.7. The van der Waals surface area contributed by atoms with Crippen molar-refractivity contribution >= 4 is 17.6 Å². The van der Waals surface area contributed by atoms with Crippen LogP contribution < -0.4 is 5.32 Å². The van der Waals surface area contributed by atoms with Gasteiger partial charge in [0.2, 0.25) is 5.91 Å². The molecule has 3 N–H and O–H groups in total. The summed E-state index contributed by atoms with van der Waals surface area (Å²) >= 11 is 0. The summed E-state index contributed by atoms with van der Waals surface area (Å²) in [6.45, 7) is 1.76. The summed E-state index contributed by atoms with van der Waals surface area (Å²) in [6, 6.07) is 4.86. The summed E-state index contributed by atoms with van der Waals surface area (Å²) in [7, 11) is 0. The van der Waals surface area contributed by atoms with Crippen LogP contribution >= 0.6 is 0 Å². The van der Waals surface area contributed by atoms with Crippen molar-refractivity contribution in [3.05, 3.63) is 23.8 Å². The first-order valence-corrected chi connectivity index (χ1v) is 6.32. The van der Waals surface area contributed by atoms with Crippen molar-refractivity contribution in [2.45, 2.75) is 26.2 Å². The standard InChI is InChI=1S/C14H17NO4/c1-8-5-6-9(7-12(8)16)15-13(17)10-3-2-4-11(10)14(18)19/h5-7,10-11,16H,2-4H2,1H3,(H,15,17)(H,18,19). The Bertz CT molecular complexity index is 512. The summed E-state index contributed by atoms with van der Waals surface area (Å²) in [5, 5.41) is 21.3. The fraction of sp³-hybridized carbons (Fsp3) is 0.429. The lowest BCUT2D eigenvalue weighted by Crippen LogP contribution is -2.29. The quantitative estimate of drug-likeness (QED) is 0.779. The Balaban J connectivity index is 2.08. The number of aliphatic carboxylic acids is 1. The average Bonchev–Trinajstić information content (AvgIpc) is 2.83. The zero-order chi connectivity index (χ0) is 14.0. The number of nitrogens with one attached hydrogen (secondary N) is 1. The molecule has 2 atom stereocenters. The second-order valence-corrected chi connectivity index (χ2v) is 4.97. The number of benzene rings is 1.